The first-order valence-corrected chi connectivity index (χ1v) is 8.44. The largest absolute Gasteiger partial charge is 0.493 e. The van der Waals surface area contributed by atoms with Crippen molar-refractivity contribution in [1.29, 1.82) is 0 Å². The Labute approximate surface area is 161 Å². The molecule has 0 atom stereocenters. The number of benzene rings is 2. The van der Waals surface area contributed by atoms with E-state index in [2.05, 4.69) is 10.6 Å². The third-order valence-corrected chi connectivity index (χ3v) is 3.91. The topological polar surface area (TPSA) is 76.7 Å². The van der Waals surface area contributed by atoms with Crippen LogP contribution in [0.25, 0.3) is 0 Å². The number of hydrogen-bond donors (Lipinski definition) is 2. The van der Waals surface area contributed by atoms with Crippen molar-refractivity contribution in [2.45, 2.75) is 6.42 Å². The number of hydrogen-bond acceptors (Lipinski definition) is 4. The lowest BCUT2D eigenvalue weighted by molar-refractivity contribution is -0.136. The van der Waals surface area contributed by atoms with E-state index in [1.165, 1.54) is 18.2 Å². The zero-order chi connectivity index (χ0) is 19.1. The highest BCUT2D eigenvalue weighted by Gasteiger charge is 2.14. The van der Waals surface area contributed by atoms with Gasteiger partial charge in [0.15, 0.2) is 11.5 Å². The van der Waals surface area contributed by atoms with Gasteiger partial charge in [-0.2, -0.15) is 0 Å². The number of ether oxygens (including phenoxy) is 2. The van der Waals surface area contributed by atoms with Crippen molar-refractivity contribution in [2.75, 3.05) is 26.1 Å². The maximum atomic E-state index is 11.9. The van der Waals surface area contributed by atoms with Gasteiger partial charge in [0, 0.05) is 22.3 Å². The van der Waals surface area contributed by atoms with Crippen molar-refractivity contribution < 1.29 is 19.1 Å². The maximum absolute atomic E-state index is 11.9. The van der Waals surface area contributed by atoms with Gasteiger partial charge < -0.3 is 20.1 Å². The Morgan fingerprint density at radius 1 is 0.923 bits per heavy atom. The van der Waals surface area contributed by atoms with Gasteiger partial charge in [0.2, 0.25) is 0 Å². The molecule has 0 heterocycles. The third-order valence-electron chi connectivity index (χ3n) is 3.47. The first-order chi connectivity index (χ1) is 12.4. The summed E-state index contributed by atoms with van der Waals surface area (Å²) >= 11 is 11.7. The van der Waals surface area contributed by atoms with E-state index < -0.39 is 11.8 Å². The van der Waals surface area contributed by atoms with Crippen LogP contribution in [0.5, 0.6) is 11.5 Å². The monoisotopic (exact) mass is 396 g/mol. The molecule has 2 aromatic rings. The van der Waals surface area contributed by atoms with Crippen LogP contribution >= 0.6 is 23.2 Å². The van der Waals surface area contributed by atoms with Crippen LogP contribution in [-0.2, 0) is 16.0 Å². The number of anilines is 1. The van der Waals surface area contributed by atoms with Crippen LogP contribution in [0.4, 0.5) is 5.69 Å². The van der Waals surface area contributed by atoms with Crippen LogP contribution in [0.2, 0.25) is 10.0 Å². The highest BCUT2D eigenvalue weighted by Crippen LogP contribution is 2.27. The van der Waals surface area contributed by atoms with Crippen molar-refractivity contribution in [3.8, 4) is 11.5 Å². The molecule has 0 saturated carbocycles. The molecule has 6 nitrogen and oxygen atoms in total. The van der Waals surface area contributed by atoms with E-state index >= 15 is 0 Å². The Morgan fingerprint density at radius 3 is 2.19 bits per heavy atom. The molecule has 0 spiro atoms. The van der Waals surface area contributed by atoms with Crippen LogP contribution < -0.4 is 20.1 Å². The summed E-state index contributed by atoms with van der Waals surface area (Å²) in [7, 11) is 3.11. The van der Waals surface area contributed by atoms with Gasteiger partial charge >= 0.3 is 11.8 Å². The van der Waals surface area contributed by atoms with E-state index in [0.717, 1.165) is 5.56 Å². The van der Waals surface area contributed by atoms with E-state index in [0.29, 0.717) is 33.7 Å². The molecule has 2 aromatic carbocycles. The molecule has 0 saturated heterocycles. The summed E-state index contributed by atoms with van der Waals surface area (Å²) in [6.07, 6.45) is 0.530. The maximum Gasteiger partial charge on any atom is 0.313 e. The normalized spacial score (nSPS) is 10.2. The predicted molar refractivity (Wildman–Crippen MR) is 101 cm³/mol. The SMILES string of the molecule is COc1ccc(CCNC(=O)C(=O)Nc2cc(Cl)cc(Cl)c2)cc1OC. The summed E-state index contributed by atoms with van der Waals surface area (Å²) in [5.74, 6) is -0.316. The Bertz CT molecular complexity index is 792. The molecule has 8 heteroatoms. The summed E-state index contributed by atoms with van der Waals surface area (Å²) in [6, 6.07) is 10.00. The average Bonchev–Trinajstić information content (AvgIpc) is 2.60. The van der Waals surface area contributed by atoms with Crippen molar-refractivity contribution in [3.05, 3.63) is 52.0 Å². The highest BCUT2D eigenvalue weighted by molar-refractivity contribution is 6.40. The fourth-order valence-corrected chi connectivity index (χ4v) is 2.78. The molecule has 0 aliphatic carbocycles. The second-order valence-electron chi connectivity index (χ2n) is 5.31. The van der Waals surface area contributed by atoms with Crippen LogP contribution in [0.15, 0.2) is 36.4 Å². The summed E-state index contributed by atoms with van der Waals surface area (Å²) in [6.45, 7) is 0.290. The summed E-state index contributed by atoms with van der Waals surface area (Å²) in [5.41, 5.74) is 1.28. The number of halogens is 2. The van der Waals surface area contributed by atoms with Crippen molar-refractivity contribution in [3.63, 3.8) is 0 Å². The fourth-order valence-electron chi connectivity index (χ4n) is 2.25. The minimum atomic E-state index is -0.796. The molecule has 2 rings (SSSR count). The average molecular weight is 397 g/mol. The Kier molecular flexibility index (Phi) is 7.12. The minimum Gasteiger partial charge on any atom is -0.493 e. The molecule has 0 aliphatic rings. The zero-order valence-corrected chi connectivity index (χ0v) is 15.8. The van der Waals surface area contributed by atoms with Crippen molar-refractivity contribution in [1.82, 2.24) is 5.32 Å². The number of carbonyl (C=O) groups is 2. The van der Waals surface area contributed by atoms with E-state index in [9.17, 15) is 9.59 Å². The molecule has 26 heavy (non-hydrogen) atoms. The minimum absolute atomic E-state index is 0.290. The smallest absolute Gasteiger partial charge is 0.313 e. The number of rotatable bonds is 6. The standard InChI is InChI=1S/C18H18Cl2N2O4/c1-25-15-4-3-11(7-16(15)26-2)5-6-21-17(23)18(24)22-14-9-12(19)8-13(20)10-14/h3-4,7-10H,5-6H2,1-2H3,(H,21,23)(H,22,24). The fraction of sp³-hybridized carbons (Fsp3) is 0.222. The summed E-state index contributed by atoms with van der Waals surface area (Å²) in [4.78, 5) is 23.8. The number of carbonyl (C=O) groups excluding carboxylic acids is 2. The van der Waals surface area contributed by atoms with Gasteiger partial charge in [-0.1, -0.05) is 29.3 Å². The molecule has 0 fully saturated rings. The van der Waals surface area contributed by atoms with Gasteiger partial charge in [-0.3, -0.25) is 9.59 Å². The molecular weight excluding hydrogens is 379 g/mol. The van der Waals surface area contributed by atoms with Gasteiger partial charge in [0.1, 0.15) is 0 Å². The van der Waals surface area contributed by atoms with Gasteiger partial charge in [-0.15, -0.1) is 0 Å². The molecule has 138 valence electrons. The third kappa shape index (κ3) is 5.54. The quantitative estimate of drug-likeness (QED) is 0.734. The lowest BCUT2D eigenvalue weighted by Gasteiger charge is -2.10. The predicted octanol–water partition coefficient (Wildman–Crippen LogP) is 3.31. The van der Waals surface area contributed by atoms with Crippen LogP contribution in [0.1, 0.15) is 5.56 Å². The van der Waals surface area contributed by atoms with Gasteiger partial charge in [-0.05, 0) is 42.3 Å². The molecule has 0 bridgehead atoms. The first kappa shape index (κ1) is 19.9. The van der Waals surface area contributed by atoms with E-state index in [1.807, 2.05) is 12.1 Å². The second-order valence-corrected chi connectivity index (χ2v) is 6.18. The van der Waals surface area contributed by atoms with Gasteiger partial charge in [-0.25, -0.2) is 0 Å². The summed E-state index contributed by atoms with van der Waals surface area (Å²) in [5, 5.41) is 5.73. The van der Waals surface area contributed by atoms with Crippen molar-refractivity contribution in [2.24, 2.45) is 0 Å². The van der Waals surface area contributed by atoms with E-state index in [1.54, 1.807) is 20.3 Å². The lowest BCUT2D eigenvalue weighted by Crippen LogP contribution is -2.36. The molecule has 2 N–H and O–H groups in total. The molecule has 0 aliphatic heterocycles. The first-order valence-electron chi connectivity index (χ1n) is 7.69. The zero-order valence-electron chi connectivity index (χ0n) is 14.3. The van der Waals surface area contributed by atoms with E-state index in [-0.39, 0.29) is 6.54 Å². The van der Waals surface area contributed by atoms with Crippen LogP contribution in [0, 0.1) is 0 Å². The van der Waals surface area contributed by atoms with Crippen molar-refractivity contribution >= 4 is 40.7 Å². The lowest BCUT2D eigenvalue weighted by atomic mass is 10.1. The number of methoxy groups -OCH3 is 2. The number of nitrogens with one attached hydrogen (secondary N) is 2. The summed E-state index contributed by atoms with van der Waals surface area (Å²) < 4.78 is 10.4. The van der Waals surface area contributed by atoms with Crippen LogP contribution in [0.3, 0.4) is 0 Å². The molecule has 0 unspecified atom stereocenters. The van der Waals surface area contributed by atoms with Gasteiger partial charge in [0.25, 0.3) is 0 Å². The molecular formula is C18H18Cl2N2O4. The molecule has 2 amide bonds. The second kappa shape index (κ2) is 9.31. The number of amides is 2. The Morgan fingerprint density at radius 2 is 1.58 bits per heavy atom. The van der Waals surface area contributed by atoms with E-state index in [4.69, 9.17) is 32.7 Å². The molecule has 0 radical (unpaired) electrons. The Hall–Kier alpha value is -2.44. The Balaban J connectivity index is 1.87. The van der Waals surface area contributed by atoms with Crippen LogP contribution in [-0.4, -0.2) is 32.6 Å². The highest BCUT2D eigenvalue weighted by atomic mass is 35.5. The molecule has 0 aromatic heterocycles. The van der Waals surface area contributed by atoms with Gasteiger partial charge in [0.05, 0.1) is 14.2 Å².